The molecule has 9 aromatic carbocycles. The van der Waals surface area contributed by atoms with Crippen molar-refractivity contribution in [3.63, 3.8) is 0 Å². The normalized spacial score (nSPS) is 13.9. The number of anilines is 6. The summed E-state index contributed by atoms with van der Waals surface area (Å²) in [5.74, 6) is 0. The average Bonchev–Trinajstić information content (AvgIpc) is 2.31. The maximum Gasteiger partial charge on any atom is 0.0728 e. The molecule has 0 spiro atoms. The van der Waals surface area contributed by atoms with Gasteiger partial charge in [0.05, 0.1) is 24.2 Å². The molecule has 0 saturated carbocycles. The minimum atomic E-state index is -0.326. The van der Waals surface area contributed by atoms with E-state index in [1.165, 1.54) is 75.7 Å². The number of nitrogens with zero attached hydrogens (tertiary/aromatic N) is 3. The molecule has 0 saturated heterocycles. The lowest BCUT2D eigenvalue weighted by Gasteiger charge is -2.30. The van der Waals surface area contributed by atoms with E-state index in [-0.39, 0.29) is 21.7 Å². The second kappa shape index (κ2) is 17.6. The highest BCUT2D eigenvalue weighted by molar-refractivity contribution is 7.26. The predicted octanol–water partition coefficient (Wildman–Crippen LogP) is 21.4. The quantitative estimate of drug-likeness (QED) is 0.150. The zero-order valence-corrected chi connectivity index (χ0v) is 47.0. The summed E-state index contributed by atoms with van der Waals surface area (Å²) in [7, 11) is 0. The molecule has 0 amide bonds. The van der Waals surface area contributed by atoms with Crippen molar-refractivity contribution in [3.8, 4) is 33.5 Å². The van der Waals surface area contributed by atoms with Gasteiger partial charge in [-0.15, -0.1) is 11.3 Å². The van der Waals surface area contributed by atoms with Gasteiger partial charge in [0, 0.05) is 66.0 Å². The van der Waals surface area contributed by atoms with Crippen molar-refractivity contribution in [1.29, 1.82) is 0 Å². The standard InChI is InChI=1S/C73H67N3S/c1-70(2,3)50-28-20-32-55(40-50)74(53-30-18-26-48(38-53)46-22-14-12-15-23-46)57-34-36-59-63(44-57)73(10,11)65-61-42-52(72(7,8)9)43-62-66(61)76(67(59)65)68-60-37-35-58(45-64(60)77-69(62)68)75(56-33-21-29-51(41-56)71(4,5)6)54-31-19-27-49(39-54)47-24-16-13-17-25-47/h12-45H,1-11H3/i12D,13D. The molecule has 0 aliphatic heterocycles. The van der Waals surface area contributed by atoms with Crippen LogP contribution >= 0.6 is 11.3 Å². The maximum absolute atomic E-state index is 8.18. The van der Waals surface area contributed by atoms with Crippen LogP contribution in [0.5, 0.6) is 0 Å². The number of aromatic nitrogens is 1. The van der Waals surface area contributed by atoms with Crippen LogP contribution in [0, 0.1) is 0 Å². The van der Waals surface area contributed by atoms with Crippen LogP contribution in [0.4, 0.5) is 34.1 Å². The summed E-state index contributed by atoms with van der Waals surface area (Å²) in [6, 6.07) is 71.9. The SMILES string of the molecule is [2H]c1ccc(-c2cccc(N(c3cccc(C(C)(C)C)c3)c3ccc4c(c3)C(C)(C)c3c-4n4c5c3cc(C(C)(C)C)cc5c3sc5cc(N(c6cccc(-c7ccc([2H])cc7)c6)c6cccc(C(C)(C)C)c6)ccc5c34)c2)cc1. The monoisotopic (exact) mass is 1020 g/mol. The zero-order valence-electron chi connectivity index (χ0n) is 48.2. The van der Waals surface area contributed by atoms with Crippen molar-refractivity contribution in [2.45, 2.75) is 97.8 Å². The fourth-order valence-electron chi connectivity index (χ4n) is 12.2. The number of hydrogen-bond donors (Lipinski definition) is 0. The number of fused-ring (bicyclic) bond motifs is 10. The molecule has 1 aliphatic carbocycles. The van der Waals surface area contributed by atoms with Gasteiger partial charge in [-0.05, 0) is 157 Å². The molecule has 0 radical (unpaired) electrons. The third-order valence-corrected chi connectivity index (χ3v) is 17.5. The van der Waals surface area contributed by atoms with Crippen LogP contribution in [0.1, 0.15) is 107 Å². The van der Waals surface area contributed by atoms with Crippen molar-refractivity contribution in [3.05, 3.63) is 234 Å². The summed E-state index contributed by atoms with van der Waals surface area (Å²) in [5.41, 5.74) is 22.4. The molecule has 1 aliphatic rings. The summed E-state index contributed by atoms with van der Waals surface area (Å²) >= 11 is 1.92. The number of rotatable bonds is 8. The molecule has 0 unspecified atom stereocenters. The average molecular weight is 1020 g/mol. The molecule has 0 N–H and O–H groups in total. The molecule has 0 bridgehead atoms. The highest BCUT2D eigenvalue weighted by Crippen LogP contribution is 2.58. The van der Waals surface area contributed by atoms with Gasteiger partial charge < -0.3 is 14.2 Å². The van der Waals surface area contributed by atoms with E-state index < -0.39 is 0 Å². The van der Waals surface area contributed by atoms with Crippen LogP contribution < -0.4 is 9.80 Å². The molecular formula is C73H67N3S. The van der Waals surface area contributed by atoms with Crippen molar-refractivity contribution >= 4 is 82.1 Å². The van der Waals surface area contributed by atoms with Crippen LogP contribution in [-0.4, -0.2) is 4.40 Å². The van der Waals surface area contributed by atoms with E-state index in [4.69, 9.17) is 2.74 Å². The van der Waals surface area contributed by atoms with Gasteiger partial charge in [0.15, 0.2) is 0 Å². The van der Waals surface area contributed by atoms with E-state index in [1.807, 2.05) is 47.7 Å². The first-order valence-corrected chi connectivity index (χ1v) is 28.0. The Morgan fingerprint density at radius 1 is 0.416 bits per heavy atom. The summed E-state index contributed by atoms with van der Waals surface area (Å²) in [4.78, 5) is 4.86. The lowest BCUT2D eigenvalue weighted by molar-refractivity contribution is 0.590. The molecule has 380 valence electrons. The second-order valence-corrected chi connectivity index (χ2v) is 26.0. The molecule has 3 aromatic heterocycles. The Balaban J connectivity index is 1.01. The van der Waals surface area contributed by atoms with Gasteiger partial charge in [0.1, 0.15) is 0 Å². The van der Waals surface area contributed by atoms with Gasteiger partial charge >= 0.3 is 0 Å². The van der Waals surface area contributed by atoms with Crippen LogP contribution in [0.25, 0.3) is 70.1 Å². The van der Waals surface area contributed by atoms with Crippen LogP contribution in [0.15, 0.2) is 206 Å². The van der Waals surface area contributed by atoms with Gasteiger partial charge in [0.25, 0.3) is 0 Å². The Hall–Kier alpha value is -7.92. The second-order valence-electron chi connectivity index (χ2n) is 25.0. The first-order chi connectivity index (χ1) is 37.6. The Bertz CT molecular complexity index is 4360. The molecule has 12 aromatic rings. The third-order valence-electron chi connectivity index (χ3n) is 16.4. The molecule has 3 nitrogen and oxygen atoms in total. The highest BCUT2D eigenvalue weighted by Gasteiger charge is 2.42. The van der Waals surface area contributed by atoms with Gasteiger partial charge in [-0.2, -0.15) is 0 Å². The van der Waals surface area contributed by atoms with E-state index in [0.29, 0.717) is 12.1 Å². The Labute approximate surface area is 461 Å². The molecule has 4 heteroatoms. The van der Waals surface area contributed by atoms with E-state index >= 15 is 0 Å². The molecular weight excluding hydrogens is 951 g/mol. The summed E-state index contributed by atoms with van der Waals surface area (Å²) in [6.45, 7) is 25.7. The van der Waals surface area contributed by atoms with Crippen LogP contribution in [0.2, 0.25) is 0 Å². The van der Waals surface area contributed by atoms with Gasteiger partial charge in [-0.1, -0.05) is 191 Å². The largest absolute Gasteiger partial charge is 0.310 e. The first kappa shape index (κ1) is 46.4. The van der Waals surface area contributed by atoms with Crippen LogP contribution in [-0.2, 0) is 21.7 Å². The predicted molar refractivity (Wildman–Crippen MR) is 333 cm³/mol. The fraction of sp³-hybridized carbons (Fsp3) is 0.205. The number of hydrogen-bond acceptors (Lipinski definition) is 3. The van der Waals surface area contributed by atoms with Crippen molar-refractivity contribution in [2.75, 3.05) is 9.80 Å². The van der Waals surface area contributed by atoms with Crippen molar-refractivity contribution < 1.29 is 2.74 Å². The van der Waals surface area contributed by atoms with Gasteiger partial charge in [-0.3, -0.25) is 0 Å². The van der Waals surface area contributed by atoms with E-state index in [2.05, 4.69) is 248 Å². The fourth-order valence-corrected chi connectivity index (χ4v) is 13.4. The van der Waals surface area contributed by atoms with E-state index in [0.717, 1.165) is 56.4 Å². The molecule has 0 atom stereocenters. The van der Waals surface area contributed by atoms with Gasteiger partial charge in [-0.25, -0.2) is 0 Å². The lowest BCUT2D eigenvalue weighted by Crippen LogP contribution is -2.17. The van der Waals surface area contributed by atoms with E-state index in [1.54, 1.807) is 0 Å². The molecule has 3 heterocycles. The molecule has 0 fully saturated rings. The minimum absolute atomic E-state index is 0.0308. The third kappa shape index (κ3) is 8.06. The summed E-state index contributed by atoms with van der Waals surface area (Å²) in [5, 5.41) is 3.93. The number of benzene rings is 9. The number of thiophene rings is 1. The molecule has 13 rings (SSSR count). The zero-order chi connectivity index (χ0) is 55.1. The van der Waals surface area contributed by atoms with Crippen molar-refractivity contribution in [1.82, 2.24) is 4.40 Å². The first-order valence-electron chi connectivity index (χ1n) is 28.2. The smallest absolute Gasteiger partial charge is 0.0728 e. The Morgan fingerprint density at radius 3 is 1.40 bits per heavy atom. The Kier molecular flexibility index (Phi) is 10.6. The van der Waals surface area contributed by atoms with Crippen molar-refractivity contribution in [2.24, 2.45) is 0 Å². The Morgan fingerprint density at radius 2 is 0.870 bits per heavy atom. The highest BCUT2D eigenvalue weighted by atomic mass is 32.1. The van der Waals surface area contributed by atoms with E-state index in [9.17, 15) is 0 Å². The topological polar surface area (TPSA) is 10.9 Å². The van der Waals surface area contributed by atoms with Gasteiger partial charge in [0.2, 0.25) is 0 Å². The van der Waals surface area contributed by atoms with Crippen LogP contribution in [0.3, 0.4) is 0 Å². The summed E-state index contributed by atoms with van der Waals surface area (Å²) < 4.78 is 21.6. The molecule has 77 heavy (non-hydrogen) atoms. The summed E-state index contributed by atoms with van der Waals surface area (Å²) in [6.07, 6.45) is 0. The maximum atomic E-state index is 8.18. The minimum Gasteiger partial charge on any atom is -0.310 e. The lowest BCUT2D eigenvalue weighted by atomic mass is 9.79.